The summed E-state index contributed by atoms with van der Waals surface area (Å²) in [5.41, 5.74) is 0.392. The highest BCUT2D eigenvalue weighted by Gasteiger charge is 2.15. The van der Waals surface area contributed by atoms with E-state index in [9.17, 15) is 5.26 Å². The molecule has 2 aromatic rings. The maximum atomic E-state index is 9.18. The van der Waals surface area contributed by atoms with Crippen molar-refractivity contribution in [2.24, 2.45) is 0 Å². The van der Waals surface area contributed by atoms with Crippen molar-refractivity contribution in [1.29, 1.82) is 5.26 Å². The van der Waals surface area contributed by atoms with Crippen molar-refractivity contribution in [3.05, 3.63) is 42.0 Å². The summed E-state index contributed by atoms with van der Waals surface area (Å²) in [5, 5.41) is 9.18. The Morgan fingerprint density at radius 3 is 2.05 bits per heavy atom. The molecule has 0 aromatic heterocycles. The minimum Gasteiger partial charge on any atom is -0.497 e. The largest absolute Gasteiger partial charge is 0.497 e. The maximum Gasteiger partial charge on any atom is 0.211 e. The first kappa shape index (κ1) is 14.5. The van der Waals surface area contributed by atoms with E-state index in [0.29, 0.717) is 34.3 Å². The molecule has 2 rings (SSSR count). The van der Waals surface area contributed by atoms with Crippen LogP contribution in [0.25, 0.3) is 0 Å². The smallest absolute Gasteiger partial charge is 0.211 e. The third-order valence-electron chi connectivity index (χ3n) is 2.90. The topological polar surface area (TPSA) is 60.7 Å². The Labute approximate surface area is 123 Å². The molecule has 0 atom stereocenters. The molecule has 0 N–H and O–H groups in total. The second kappa shape index (κ2) is 6.53. The predicted molar refractivity (Wildman–Crippen MR) is 77.3 cm³/mol. The summed E-state index contributed by atoms with van der Waals surface area (Å²) in [5.74, 6) is 2.41. The number of ether oxygens (including phenoxy) is 4. The van der Waals surface area contributed by atoms with Gasteiger partial charge >= 0.3 is 0 Å². The molecule has 5 heteroatoms. The van der Waals surface area contributed by atoms with E-state index in [2.05, 4.69) is 6.07 Å². The molecule has 0 radical (unpaired) electrons. The van der Waals surface area contributed by atoms with Crippen molar-refractivity contribution in [2.75, 3.05) is 21.3 Å². The van der Waals surface area contributed by atoms with Crippen LogP contribution in [0.3, 0.4) is 0 Å². The molecule has 0 aliphatic carbocycles. The van der Waals surface area contributed by atoms with Crippen LogP contribution in [-0.2, 0) is 0 Å². The Hall–Kier alpha value is -2.87. The van der Waals surface area contributed by atoms with Crippen molar-refractivity contribution in [1.82, 2.24) is 0 Å². The Morgan fingerprint density at radius 2 is 1.52 bits per heavy atom. The van der Waals surface area contributed by atoms with E-state index in [4.69, 9.17) is 18.9 Å². The number of methoxy groups -OCH3 is 3. The van der Waals surface area contributed by atoms with Crippen LogP contribution in [-0.4, -0.2) is 21.3 Å². The van der Waals surface area contributed by atoms with Crippen molar-refractivity contribution < 1.29 is 18.9 Å². The Balaban J connectivity index is 2.49. The van der Waals surface area contributed by atoms with Crippen molar-refractivity contribution in [2.45, 2.75) is 0 Å². The molecule has 0 bridgehead atoms. The van der Waals surface area contributed by atoms with Crippen LogP contribution >= 0.6 is 0 Å². The van der Waals surface area contributed by atoms with Crippen molar-refractivity contribution >= 4 is 0 Å². The zero-order chi connectivity index (χ0) is 15.2. The van der Waals surface area contributed by atoms with Gasteiger partial charge in [-0.3, -0.25) is 0 Å². The summed E-state index contributed by atoms with van der Waals surface area (Å²) in [4.78, 5) is 0. The average molecular weight is 285 g/mol. The number of rotatable bonds is 5. The number of nitriles is 1. The molecule has 0 spiro atoms. The van der Waals surface area contributed by atoms with Crippen LogP contribution in [0.1, 0.15) is 5.56 Å². The third kappa shape index (κ3) is 3.00. The van der Waals surface area contributed by atoms with Gasteiger partial charge in [-0.15, -0.1) is 0 Å². The summed E-state index contributed by atoms with van der Waals surface area (Å²) in [6.07, 6.45) is 0. The number of para-hydroxylation sites is 1. The highest BCUT2D eigenvalue weighted by atomic mass is 16.5. The quantitative estimate of drug-likeness (QED) is 0.842. The number of hydrogen-bond acceptors (Lipinski definition) is 5. The van der Waals surface area contributed by atoms with Crippen LogP contribution in [0.4, 0.5) is 0 Å². The lowest BCUT2D eigenvalue weighted by Crippen LogP contribution is -1.96. The van der Waals surface area contributed by atoms with E-state index in [0.717, 1.165) is 0 Å². The van der Waals surface area contributed by atoms with Gasteiger partial charge in [0.1, 0.15) is 17.6 Å². The second-order valence-electron chi connectivity index (χ2n) is 4.07. The molecule has 2 aromatic carbocycles. The van der Waals surface area contributed by atoms with Gasteiger partial charge in [0.05, 0.1) is 26.9 Å². The molecule has 0 unspecified atom stereocenters. The Morgan fingerprint density at radius 1 is 0.857 bits per heavy atom. The molecule has 108 valence electrons. The van der Waals surface area contributed by atoms with Crippen LogP contribution in [0.5, 0.6) is 28.7 Å². The van der Waals surface area contributed by atoms with Gasteiger partial charge in [0.15, 0.2) is 11.5 Å². The molecule has 0 aliphatic heterocycles. The van der Waals surface area contributed by atoms with Gasteiger partial charge in [-0.1, -0.05) is 6.07 Å². The van der Waals surface area contributed by atoms with E-state index in [-0.39, 0.29) is 0 Å². The molecular weight excluding hydrogens is 270 g/mol. The van der Waals surface area contributed by atoms with Gasteiger partial charge < -0.3 is 18.9 Å². The minimum atomic E-state index is 0.375. The Bertz CT molecular complexity index is 654. The van der Waals surface area contributed by atoms with E-state index in [1.165, 1.54) is 0 Å². The standard InChI is InChI=1S/C16H15NO4/c1-18-12-8-7-11(10-17)15(9-12)21-16-13(19-2)5-4-6-14(16)20-3/h4-9H,1-3H3. The first-order chi connectivity index (χ1) is 10.2. The van der Waals surface area contributed by atoms with Gasteiger partial charge in [0.25, 0.3) is 0 Å². The van der Waals surface area contributed by atoms with E-state index in [1.54, 1.807) is 57.7 Å². The van der Waals surface area contributed by atoms with Gasteiger partial charge in [-0.05, 0) is 24.3 Å². The molecule has 0 saturated carbocycles. The fourth-order valence-corrected chi connectivity index (χ4v) is 1.83. The van der Waals surface area contributed by atoms with E-state index in [1.807, 2.05) is 0 Å². The number of hydrogen-bond donors (Lipinski definition) is 0. The van der Waals surface area contributed by atoms with Crippen LogP contribution in [0, 0.1) is 11.3 Å². The summed E-state index contributed by atoms with van der Waals surface area (Å²) < 4.78 is 21.5. The fourth-order valence-electron chi connectivity index (χ4n) is 1.83. The Kier molecular flexibility index (Phi) is 4.52. The predicted octanol–water partition coefficient (Wildman–Crippen LogP) is 3.38. The summed E-state index contributed by atoms with van der Waals surface area (Å²) in [6.45, 7) is 0. The van der Waals surface area contributed by atoms with E-state index >= 15 is 0 Å². The highest BCUT2D eigenvalue weighted by molar-refractivity contribution is 5.56. The van der Waals surface area contributed by atoms with Crippen LogP contribution < -0.4 is 18.9 Å². The third-order valence-corrected chi connectivity index (χ3v) is 2.90. The normalized spacial score (nSPS) is 9.62. The lowest BCUT2D eigenvalue weighted by Gasteiger charge is -2.15. The van der Waals surface area contributed by atoms with Gasteiger partial charge in [0, 0.05) is 6.07 Å². The first-order valence-corrected chi connectivity index (χ1v) is 6.20. The molecule has 0 fully saturated rings. The summed E-state index contributed by atoms with van der Waals surface area (Å²) in [7, 11) is 4.63. The first-order valence-electron chi connectivity index (χ1n) is 6.20. The van der Waals surface area contributed by atoms with Gasteiger partial charge in [-0.25, -0.2) is 0 Å². The molecule has 5 nitrogen and oxygen atoms in total. The monoisotopic (exact) mass is 285 g/mol. The van der Waals surface area contributed by atoms with E-state index < -0.39 is 0 Å². The molecule has 21 heavy (non-hydrogen) atoms. The molecular formula is C16H15NO4. The fraction of sp³-hybridized carbons (Fsp3) is 0.188. The van der Waals surface area contributed by atoms with Crippen molar-refractivity contribution in [3.63, 3.8) is 0 Å². The van der Waals surface area contributed by atoms with Gasteiger partial charge in [0.2, 0.25) is 5.75 Å². The lowest BCUT2D eigenvalue weighted by atomic mass is 10.2. The lowest BCUT2D eigenvalue weighted by molar-refractivity contribution is 0.344. The zero-order valence-corrected chi connectivity index (χ0v) is 12.0. The van der Waals surface area contributed by atoms with Crippen molar-refractivity contribution in [3.8, 4) is 34.8 Å². The summed E-state index contributed by atoms with van der Waals surface area (Å²) >= 11 is 0. The molecule has 0 saturated heterocycles. The summed E-state index contributed by atoms with van der Waals surface area (Å²) in [6, 6.07) is 12.4. The number of nitrogens with zero attached hydrogens (tertiary/aromatic N) is 1. The van der Waals surface area contributed by atoms with Crippen LogP contribution in [0.2, 0.25) is 0 Å². The SMILES string of the molecule is COc1ccc(C#N)c(Oc2c(OC)cccc2OC)c1. The average Bonchev–Trinajstić information content (AvgIpc) is 2.54. The maximum absolute atomic E-state index is 9.18. The number of benzene rings is 2. The van der Waals surface area contributed by atoms with Crippen LogP contribution in [0.15, 0.2) is 36.4 Å². The highest BCUT2D eigenvalue weighted by Crippen LogP contribution is 2.41. The molecule has 0 heterocycles. The molecule has 0 amide bonds. The second-order valence-corrected chi connectivity index (χ2v) is 4.07. The minimum absolute atomic E-state index is 0.375. The zero-order valence-electron chi connectivity index (χ0n) is 12.0. The molecule has 0 aliphatic rings. The van der Waals surface area contributed by atoms with Gasteiger partial charge in [-0.2, -0.15) is 5.26 Å².